The minimum Gasteiger partial charge on any atom is -0.478 e. The average molecular weight is 313 g/mol. The van der Waals surface area contributed by atoms with E-state index in [0.717, 1.165) is 0 Å². The summed E-state index contributed by atoms with van der Waals surface area (Å²) in [6.07, 6.45) is 0. The quantitative estimate of drug-likeness (QED) is 0.668. The Morgan fingerprint density at radius 1 is 1.00 bits per heavy atom. The second kappa shape index (κ2) is 6.74. The van der Waals surface area contributed by atoms with Gasteiger partial charge in [-0.2, -0.15) is 0 Å². The molecule has 118 valence electrons. The average Bonchev–Trinajstić information content (AvgIpc) is 2.46. The summed E-state index contributed by atoms with van der Waals surface area (Å²) in [7, 11) is 0. The zero-order valence-electron chi connectivity index (χ0n) is 12.6. The molecule has 23 heavy (non-hydrogen) atoms. The third-order valence-corrected chi connectivity index (χ3v) is 3.01. The van der Waals surface area contributed by atoms with Crippen molar-refractivity contribution < 1.29 is 24.2 Å². The summed E-state index contributed by atoms with van der Waals surface area (Å²) in [5.74, 6) is -2.29. The number of benzene rings is 2. The summed E-state index contributed by atoms with van der Waals surface area (Å²) >= 11 is 0. The lowest BCUT2D eigenvalue weighted by Crippen LogP contribution is -2.12. The highest BCUT2D eigenvalue weighted by molar-refractivity contribution is 6.02. The first-order chi connectivity index (χ1) is 10.9. The summed E-state index contributed by atoms with van der Waals surface area (Å²) < 4.78 is 5.14. The summed E-state index contributed by atoms with van der Waals surface area (Å²) in [6, 6.07) is 11.6. The molecule has 0 fully saturated rings. The van der Waals surface area contributed by atoms with Crippen LogP contribution in [0.1, 0.15) is 24.2 Å². The van der Waals surface area contributed by atoms with E-state index in [0.29, 0.717) is 16.8 Å². The highest BCUT2D eigenvalue weighted by atomic mass is 16.5. The molecule has 0 unspecified atom stereocenters. The van der Waals surface area contributed by atoms with Crippen molar-refractivity contribution in [3.63, 3.8) is 0 Å². The van der Waals surface area contributed by atoms with Crippen molar-refractivity contribution in [2.24, 2.45) is 0 Å². The van der Waals surface area contributed by atoms with E-state index in [1.807, 2.05) is 0 Å². The van der Waals surface area contributed by atoms with Crippen LogP contribution in [0.15, 0.2) is 42.5 Å². The van der Waals surface area contributed by atoms with Crippen LogP contribution >= 0.6 is 0 Å². The fraction of sp³-hybridized carbons (Fsp3) is 0.118. The molecule has 2 aromatic rings. The minimum absolute atomic E-state index is 0.0950. The Bertz CT molecular complexity index is 768. The number of carboxylic acids is 1. The van der Waals surface area contributed by atoms with Crippen LogP contribution in [0.4, 0.5) is 5.69 Å². The minimum atomic E-state index is -1.23. The lowest BCUT2D eigenvalue weighted by Gasteiger charge is -2.17. The van der Waals surface area contributed by atoms with E-state index < -0.39 is 11.9 Å². The molecule has 0 saturated carbocycles. The summed E-state index contributed by atoms with van der Waals surface area (Å²) in [6.45, 7) is 2.52. The number of carboxylic acid groups (broad SMARTS) is 1. The smallest absolute Gasteiger partial charge is 0.339 e. The Hall–Kier alpha value is -3.15. The molecule has 2 aromatic carbocycles. The molecule has 2 rings (SSSR count). The fourth-order valence-corrected chi connectivity index (χ4v) is 2.19. The van der Waals surface area contributed by atoms with Crippen LogP contribution in [0.5, 0.6) is 5.75 Å². The van der Waals surface area contributed by atoms with E-state index in [4.69, 9.17) is 4.74 Å². The molecule has 0 aliphatic carbocycles. The second-order valence-corrected chi connectivity index (χ2v) is 4.81. The van der Waals surface area contributed by atoms with E-state index in [9.17, 15) is 19.5 Å². The molecule has 0 spiro atoms. The number of anilines is 1. The second-order valence-electron chi connectivity index (χ2n) is 4.81. The van der Waals surface area contributed by atoms with E-state index in [1.54, 1.807) is 30.3 Å². The number of nitrogens with one attached hydrogen (secondary N) is 1. The molecule has 0 aromatic heterocycles. The SMILES string of the molecule is CC(=O)Nc1ccc(C(=O)O)c(OC(C)=O)c1-c1ccccc1. The number of amides is 1. The number of ether oxygens (including phenoxy) is 1. The molecule has 2 N–H and O–H groups in total. The Morgan fingerprint density at radius 2 is 1.65 bits per heavy atom. The van der Waals surface area contributed by atoms with Gasteiger partial charge in [-0.3, -0.25) is 9.59 Å². The molecular weight excluding hydrogens is 298 g/mol. The number of rotatable bonds is 4. The Labute approximate surface area is 132 Å². The van der Waals surface area contributed by atoms with Gasteiger partial charge in [-0.15, -0.1) is 0 Å². The standard InChI is InChI=1S/C17H15NO5/c1-10(19)18-14-9-8-13(17(21)22)16(23-11(2)20)15(14)12-6-4-3-5-7-12/h3-9H,1-2H3,(H,18,19)(H,21,22). The zero-order valence-corrected chi connectivity index (χ0v) is 12.6. The fourth-order valence-electron chi connectivity index (χ4n) is 2.19. The maximum absolute atomic E-state index is 11.4. The highest BCUT2D eigenvalue weighted by Gasteiger charge is 2.22. The van der Waals surface area contributed by atoms with Gasteiger partial charge in [0.05, 0.1) is 5.69 Å². The van der Waals surface area contributed by atoms with Gasteiger partial charge >= 0.3 is 11.9 Å². The number of esters is 1. The number of hydrogen-bond donors (Lipinski definition) is 2. The molecule has 0 aliphatic heterocycles. The summed E-state index contributed by atoms with van der Waals surface area (Å²) in [4.78, 5) is 34.3. The number of aromatic carboxylic acids is 1. The van der Waals surface area contributed by atoms with Gasteiger partial charge in [0.15, 0.2) is 5.75 Å². The molecule has 0 atom stereocenters. The van der Waals surface area contributed by atoms with Gasteiger partial charge in [0, 0.05) is 19.4 Å². The lowest BCUT2D eigenvalue weighted by molar-refractivity contribution is -0.131. The van der Waals surface area contributed by atoms with Crippen molar-refractivity contribution in [3.8, 4) is 16.9 Å². The Morgan fingerprint density at radius 3 is 2.17 bits per heavy atom. The van der Waals surface area contributed by atoms with Crippen molar-refractivity contribution in [1.82, 2.24) is 0 Å². The lowest BCUT2D eigenvalue weighted by atomic mass is 9.99. The first kappa shape index (κ1) is 16.2. The van der Waals surface area contributed by atoms with Crippen molar-refractivity contribution in [2.45, 2.75) is 13.8 Å². The van der Waals surface area contributed by atoms with Crippen LogP contribution < -0.4 is 10.1 Å². The molecule has 0 heterocycles. The number of carbonyl (C=O) groups excluding carboxylic acids is 2. The van der Waals surface area contributed by atoms with Gasteiger partial charge in [-0.05, 0) is 17.7 Å². The topological polar surface area (TPSA) is 92.7 Å². The molecule has 0 saturated heterocycles. The third kappa shape index (κ3) is 3.74. The molecule has 6 heteroatoms. The van der Waals surface area contributed by atoms with E-state index in [-0.39, 0.29) is 17.2 Å². The van der Waals surface area contributed by atoms with Gasteiger partial charge in [0.2, 0.25) is 5.91 Å². The normalized spacial score (nSPS) is 10.0. The largest absolute Gasteiger partial charge is 0.478 e. The maximum Gasteiger partial charge on any atom is 0.339 e. The van der Waals surface area contributed by atoms with Crippen LogP contribution in [0, 0.1) is 0 Å². The molecule has 0 aliphatic rings. The third-order valence-electron chi connectivity index (χ3n) is 3.01. The molecule has 0 bridgehead atoms. The first-order valence-corrected chi connectivity index (χ1v) is 6.82. The molecule has 6 nitrogen and oxygen atoms in total. The van der Waals surface area contributed by atoms with Crippen LogP contribution in [0.3, 0.4) is 0 Å². The van der Waals surface area contributed by atoms with Crippen LogP contribution in [-0.2, 0) is 9.59 Å². The zero-order chi connectivity index (χ0) is 17.0. The van der Waals surface area contributed by atoms with E-state index >= 15 is 0 Å². The van der Waals surface area contributed by atoms with Crippen molar-refractivity contribution in [3.05, 3.63) is 48.0 Å². The molecule has 0 radical (unpaired) electrons. The van der Waals surface area contributed by atoms with E-state index in [1.165, 1.54) is 26.0 Å². The Kier molecular flexibility index (Phi) is 4.75. The van der Waals surface area contributed by atoms with Crippen LogP contribution in [0.25, 0.3) is 11.1 Å². The van der Waals surface area contributed by atoms with Gasteiger partial charge < -0.3 is 15.2 Å². The van der Waals surface area contributed by atoms with Gasteiger partial charge in [0.25, 0.3) is 0 Å². The van der Waals surface area contributed by atoms with Gasteiger partial charge in [-0.25, -0.2) is 4.79 Å². The van der Waals surface area contributed by atoms with Crippen molar-refractivity contribution in [1.29, 1.82) is 0 Å². The van der Waals surface area contributed by atoms with Crippen molar-refractivity contribution >= 4 is 23.5 Å². The van der Waals surface area contributed by atoms with Crippen LogP contribution in [0.2, 0.25) is 0 Å². The van der Waals surface area contributed by atoms with Gasteiger partial charge in [0.1, 0.15) is 5.56 Å². The predicted molar refractivity (Wildman–Crippen MR) is 84.5 cm³/mol. The molecule has 1 amide bonds. The highest BCUT2D eigenvalue weighted by Crippen LogP contribution is 2.39. The number of hydrogen-bond acceptors (Lipinski definition) is 4. The number of carbonyl (C=O) groups is 3. The monoisotopic (exact) mass is 313 g/mol. The van der Waals surface area contributed by atoms with Crippen LogP contribution in [-0.4, -0.2) is 23.0 Å². The summed E-state index contributed by atoms with van der Waals surface area (Å²) in [5, 5.41) is 12.0. The Balaban J connectivity index is 2.78. The summed E-state index contributed by atoms with van der Waals surface area (Å²) in [5.41, 5.74) is 1.17. The first-order valence-electron chi connectivity index (χ1n) is 6.82. The predicted octanol–water partition coefficient (Wildman–Crippen LogP) is 2.94. The van der Waals surface area contributed by atoms with Gasteiger partial charge in [-0.1, -0.05) is 30.3 Å². The maximum atomic E-state index is 11.4. The van der Waals surface area contributed by atoms with E-state index in [2.05, 4.69) is 5.32 Å². The van der Waals surface area contributed by atoms with Crippen molar-refractivity contribution in [2.75, 3.05) is 5.32 Å². The molecular formula is C17H15NO5.